The van der Waals surface area contributed by atoms with Gasteiger partial charge in [-0.05, 0) is 17.5 Å². The predicted molar refractivity (Wildman–Crippen MR) is 81.7 cm³/mol. The molecule has 2 amide bonds. The number of rotatable bonds is 4. The summed E-state index contributed by atoms with van der Waals surface area (Å²) < 4.78 is 0. The second-order valence-electron chi connectivity index (χ2n) is 6.32. The van der Waals surface area contributed by atoms with Crippen molar-refractivity contribution in [1.29, 1.82) is 0 Å². The SMILES string of the molecule is CC(C)C(=O)C(NC(=O)Nc1ccccc1)C(C)(C)C. The number of hydrogen-bond acceptors (Lipinski definition) is 2. The van der Waals surface area contributed by atoms with Crippen LogP contribution in [0.2, 0.25) is 0 Å². The first-order chi connectivity index (χ1) is 9.21. The fourth-order valence-corrected chi connectivity index (χ4v) is 1.87. The standard InChI is InChI=1S/C16H24N2O2/c1-11(2)13(19)14(16(3,4)5)18-15(20)17-12-9-7-6-8-10-12/h6-11,14H,1-5H3,(H2,17,18,20). The molecule has 0 fully saturated rings. The number of amides is 2. The molecule has 1 aromatic carbocycles. The van der Waals surface area contributed by atoms with Crippen molar-refractivity contribution in [1.82, 2.24) is 5.32 Å². The molecule has 110 valence electrons. The van der Waals surface area contributed by atoms with Gasteiger partial charge < -0.3 is 10.6 Å². The highest BCUT2D eigenvalue weighted by Crippen LogP contribution is 2.22. The van der Waals surface area contributed by atoms with Crippen LogP contribution < -0.4 is 10.6 Å². The molecule has 0 heterocycles. The zero-order valence-corrected chi connectivity index (χ0v) is 12.9. The Morgan fingerprint density at radius 3 is 2.05 bits per heavy atom. The van der Waals surface area contributed by atoms with E-state index in [9.17, 15) is 9.59 Å². The number of carbonyl (C=O) groups is 2. The molecule has 0 aromatic heterocycles. The average Bonchev–Trinajstić information content (AvgIpc) is 2.35. The molecule has 1 unspecified atom stereocenters. The summed E-state index contributed by atoms with van der Waals surface area (Å²) in [5, 5.41) is 5.52. The lowest BCUT2D eigenvalue weighted by molar-refractivity contribution is -0.126. The van der Waals surface area contributed by atoms with Crippen molar-refractivity contribution < 1.29 is 9.59 Å². The van der Waals surface area contributed by atoms with Crippen LogP contribution in [0.25, 0.3) is 0 Å². The van der Waals surface area contributed by atoms with Crippen LogP contribution in [-0.2, 0) is 4.79 Å². The van der Waals surface area contributed by atoms with E-state index in [4.69, 9.17) is 0 Å². The maximum atomic E-state index is 12.2. The van der Waals surface area contributed by atoms with Crippen LogP contribution >= 0.6 is 0 Å². The molecule has 0 radical (unpaired) electrons. The average molecular weight is 276 g/mol. The normalized spacial score (nSPS) is 12.9. The highest BCUT2D eigenvalue weighted by molar-refractivity contribution is 5.95. The predicted octanol–water partition coefficient (Wildman–Crippen LogP) is 3.45. The fourth-order valence-electron chi connectivity index (χ4n) is 1.87. The number of urea groups is 1. The summed E-state index contributed by atoms with van der Waals surface area (Å²) in [4.78, 5) is 24.3. The van der Waals surface area contributed by atoms with E-state index in [0.29, 0.717) is 5.69 Å². The van der Waals surface area contributed by atoms with Crippen molar-refractivity contribution in [2.75, 3.05) is 5.32 Å². The topological polar surface area (TPSA) is 58.2 Å². The molecular formula is C16H24N2O2. The Morgan fingerprint density at radius 1 is 1.05 bits per heavy atom. The van der Waals surface area contributed by atoms with Gasteiger partial charge in [-0.3, -0.25) is 4.79 Å². The Balaban J connectivity index is 2.75. The third kappa shape index (κ3) is 4.68. The van der Waals surface area contributed by atoms with Gasteiger partial charge in [0.2, 0.25) is 0 Å². The van der Waals surface area contributed by atoms with E-state index in [1.807, 2.05) is 52.8 Å². The number of ketones is 1. The Kier molecular flexibility index (Phi) is 5.31. The molecule has 0 aliphatic carbocycles. The first-order valence-electron chi connectivity index (χ1n) is 6.88. The number of nitrogens with one attached hydrogen (secondary N) is 2. The number of para-hydroxylation sites is 1. The largest absolute Gasteiger partial charge is 0.328 e. The maximum absolute atomic E-state index is 12.2. The number of anilines is 1. The summed E-state index contributed by atoms with van der Waals surface area (Å²) in [6, 6.07) is 8.30. The second kappa shape index (κ2) is 6.55. The van der Waals surface area contributed by atoms with Gasteiger partial charge in [-0.25, -0.2) is 4.79 Å². The fraction of sp³-hybridized carbons (Fsp3) is 0.500. The van der Waals surface area contributed by atoms with Gasteiger partial charge >= 0.3 is 6.03 Å². The Bertz CT molecular complexity index is 461. The lowest BCUT2D eigenvalue weighted by atomic mass is 9.81. The van der Waals surface area contributed by atoms with Gasteiger partial charge in [0.25, 0.3) is 0 Å². The number of hydrogen-bond donors (Lipinski definition) is 2. The van der Waals surface area contributed by atoms with Crippen LogP contribution in [0, 0.1) is 11.3 Å². The molecule has 0 saturated carbocycles. The summed E-state index contributed by atoms with van der Waals surface area (Å²) in [5.74, 6) is -0.0723. The second-order valence-corrected chi connectivity index (χ2v) is 6.32. The summed E-state index contributed by atoms with van der Waals surface area (Å²) in [6.07, 6.45) is 0. The molecular weight excluding hydrogens is 252 g/mol. The molecule has 0 spiro atoms. The quantitative estimate of drug-likeness (QED) is 0.885. The first-order valence-corrected chi connectivity index (χ1v) is 6.88. The highest BCUT2D eigenvalue weighted by Gasteiger charge is 2.33. The molecule has 4 nitrogen and oxygen atoms in total. The zero-order chi connectivity index (χ0) is 15.3. The van der Waals surface area contributed by atoms with Crippen LogP contribution in [0.5, 0.6) is 0 Å². The zero-order valence-electron chi connectivity index (χ0n) is 12.9. The summed E-state index contributed by atoms with van der Waals surface area (Å²) >= 11 is 0. The highest BCUT2D eigenvalue weighted by atomic mass is 16.2. The van der Waals surface area contributed by atoms with E-state index in [1.165, 1.54) is 0 Å². The maximum Gasteiger partial charge on any atom is 0.319 e. The molecule has 4 heteroatoms. The van der Waals surface area contributed by atoms with Crippen LogP contribution in [0.1, 0.15) is 34.6 Å². The van der Waals surface area contributed by atoms with E-state index in [-0.39, 0.29) is 23.1 Å². The molecule has 2 N–H and O–H groups in total. The summed E-state index contributed by atoms with van der Waals surface area (Å²) in [7, 11) is 0. The van der Waals surface area contributed by atoms with Crippen LogP contribution in [0.4, 0.5) is 10.5 Å². The molecule has 0 bridgehead atoms. The Morgan fingerprint density at radius 2 is 1.60 bits per heavy atom. The smallest absolute Gasteiger partial charge is 0.319 e. The van der Waals surface area contributed by atoms with Crippen LogP contribution in [-0.4, -0.2) is 17.9 Å². The third-order valence-corrected chi connectivity index (χ3v) is 3.03. The van der Waals surface area contributed by atoms with Gasteiger partial charge in [0.05, 0.1) is 6.04 Å². The monoisotopic (exact) mass is 276 g/mol. The van der Waals surface area contributed by atoms with E-state index < -0.39 is 6.04 Å². The molecule has 0 aliphatic heterocycles. The number of carbonyl (C=O) groups excluding carboxylic acids is 2. The minimum Gasteiger partial charge on any atom is -0.328 e. The van der Waals surface area contributed by atoms with Crippen molar-refractivity contribution in [2.45, 2.75) is 40.7 Å². The molecule has 0 aliphatic rings. The van der Waals surface area contributed by atoms with E-state index in [0.717, 1.165) is 0 Å². The lowest BCUT2D eigenvalue weighted by Crippen LogP contribution is -2.51. The van der Waals surface area contributed by atoms with Gasteiger partial charge in [-0.2, -0.15) is 0 Å². The summed E-state index contributed by atoms with van der Waals surface area (Å²) in [6.45, 7) is 9.53. The lowest BCUT2D eigenvalue weighted by Gasteiger charge is -2.31. The molecule has 1 atom stereocenters. The minimum atomic E-state index is -0.508. The summed E-state index contributed by atoms with van der Waals surface area (Å²) in [5.41, 5.74) is 0.379. The number of benzene rings is 1. The third-order valence-electron chi connectivity index (χ3n) is 3.03. The molecule has 0 saturated heterocycles. The van der Waals surface area contributed by atoms with E-state index >= 15 is 0 Å². The van der Waals surface area contributed by atoms with Gasteiger partial charge in [0.1, 0.15) is 0 Å². The van der Waals surface area contributed by atoms with Crippen molar-refractivity contribution in [3.63, 3.8) is 0 Å². The van der Waals surface area contributed by atoms with Crippen LogP contribution in [0.3, 0.4) is 0 Å². The molecule has 1 aromatic rings. The first kappa shape index (κ1) is 16.2. The Hall–Kier alpha value is -1.84. The minimum absolute atomic E-state index is 0.0423. The van der Waals surface area contributed by atoms with E-state index in [1.54, 1.807) is 12.1 Å². The van der Waals surface area contributed by atoms with Gasteiger partial charge in [-0.15, -0.1) is 0 Å². The number of Topliss-reactive ketones (excluding diaryl/α,β-unsaturated/α-hetero) is 1. The van der Waals surface area contributed by atoms with Gasteiger partial charge in [0, 0.05) is 11.6 Å². The van der Waals surface area contributed by atoms with Gasteiger partial charge in [-0.1, -0.05) is 52.8 Å². The molecule has 20 heavy (non-hydrogen) atoms. The van der Waals surface area contributed by atoms with Crippen molar-refractivity contribution in [3.8, 4) is 0 Å². The van der Waals surface area contributed by atoms with Crippen molar-refractivity contribution >= 4 is 17.5 Å². The van der Waals surface area contributed by atoms with Crippen molar-refractivity contribution in [3.05, 3.63) is 30.3 Å². The van der Waals surface area contributed by atoms with Gasteiger partial charge in [0.15, 0.2) is 5.78 Å². The van der Waals surface area contributed by atoms with Crippen LogP contribution in [0.15, 0.2) is 30.3 Å². The van der Waals surface area contributed by atoms with E-state index in [2.05, 4.69) is 10.6 Å². The molecule has 1 rings (SSSR count). The van der Waals surface area contributed by atoms with Crippen molar-refractivity contribution in [2.24, 2.45) is 11.3 Å². The Labute approximate surface area is 121 Å².